The van der Waals surface area contributed by atoms with E-state index in [0.29, 0.717) is 6.42 Å². The first-order valence-electron chi connectivity index (χ1n) is 8.53. The molecule has 0 spiro atoms. The van der Waals surface area contributed by atoms with Crippen LogP contribution in [0.1, 0.15) is 24.8 Å². The normalized spacial score (nSPS) is 14.3. The average Bonchev–Trinajstić information content (AvgIpc) is 2.63. The fraction of sp³-hybridized carbons (Fsp3) is 0.350. The fourth-order valence-electron chi connectivity index (χ4n) is 3.13. The molecule has 0 saturated carbocycles. The van der Waals surface area contributed by atoms with Crippen molar-refractivity contribution in [2.45, 2.75) is 25.7 Å². The minimum Gasteiger partial charge on any atom is -0.496 e. The van der Waals surface area contributed by atoms with E-state index in [1.807, 2.05) is 36.4 Å². The second-order valence-corrected chi connectivity index (χ2v) is 6.13. The second kappa shape index (κ2) is 7.86. The number of amides is 1. The summed E-state index contributed by atoms with van der Waals surface area (Å²) in [5.41, 5.74) is 2.95. The molecule has 2 aromatic rings. The quantitative estimate of drug-likeness (QED) is 0.908. The van der Waals surface area contributed by atoms with Crippen molar-refractivity contribution in [3.63, 3.8) is 0 Å². The molecule has 1 amide bonds. The number of carbonyl (C=O) groups is 1. The van der Waals surface area contributed by atoms with Crippen LogP contribution in [0.15, 0.2) is 48.5 Å². The molecule has 4 heteroatoms. The Morgan fingerprint density at radius 1 is 1.04 bits per heavy atom. The van der Waals surface area contributed by atoms with Crippen molar-refractivity contribution in [1.29, 1.82) is 0 Å². The van der Waals surface area contributed by atoms with Crippen LogP contribution in [0.3, 0.4) is 0 Å². The molecule has 0 bridgehead atoms. The minimum atomic E-state index is -0.0368. The number of rotatable bonds is 5. The lowest BCUT2D eigenvalue weighted by atomic mass is 10.1. The number of carbonyl (C=O) groups excluding carboxylic acids is 1. The van der Waals surface area contributed by atoms with Crippen molar-refractivity contribution in [3.05, 3.63) is 54.1 Å². The number of para-hydroxylation sites is 1. The number of benzene rings is 2. The number of ether oxygens (including phenoxy) is 1. The van der Waals surface area contributed by atoms with Gasteiger partial charge in [-0.2, -0.15) is 0 Å². The standard InChI is InChI=1S/C20H24N2O2/c1-24-19-8-4-3-7-16(19)15-20(23)21-17-9-11-18(12-10-17)22-13-5-2-6-14-22/h3-4,7-12H,2,5-6,13-15H2,1H3,(H,21,23). The van der Waals surface area contributed by atoms with Gasteiger partial charge >= 0.3 is 0 Å². The molecule has 126 valence electrons. The van der Waals surface area contributed by atoms with Crippen LogP contribution in [0, 0.1) is 0 Å². The zero-order valence-corrected chi connectivity index (χ0v) is 14.1. The number of hydrogen-bond donors (Lipinski definition) is 1. The summed E-state index contributed by atoms with van der Waals surface area (Å²) in [6, 6.07) is 15.7. The Morgan fingerprint density at radius 2 is 1.75 bits per heavy atom. The van der Waals surface area contributed by atoms with Crippen LogP contribution in [0.5, 0.6) is 5.75 Å². The molecule has 0 atom stereocenters. The van der Waals surface area contributed by atoms with Gasteiger partial charge in [-0.25, -0.2) is 0 Å². The molecule has 1 heterocycles. The first-order valence-corrected chi connectivity index (χ1v) is 8.53. The molecule has 24 heavy (non-hydrogen) atoms. The Hall–Kier alpha value is -2.49. The van der Waals surface area contributed by atoms with Crippen molar-refractivity contribution in [3.8, 4) is 5.75 Å². The van der Waals surface area contributed by atoms with E-state index in [1.54, 1.807) is 7.11 Å². The SMILES string of the molecule is COc1ccccc1CC(=O)Nc1ccc(N2CCCCC2)cc1. The molecule has 0 unspecified atom stereocenters. The highest BCUT2D eigenvalue weighted by molar-refractivity contribution is 5.92. The van der Waals surface area contributed by atoms with Crippen LogP contribution in [0.2, 0.25) is 0 Å². The molecule has 1 N–H and O–H groups in total. The maximum atomic E-state index is 12.3. The highest BCUT2D eigenvalue weighted by Crippen LogP contribution is 2.22. The molecule has 3 rings (SSSR count). The van der Waals surface area contributed by atoms with E-state index in [1.165, 1.54) is 24.9 Å². The van der Waals surface area contributed by atoms with Crippen LogP contribution >= 0.6 is 0 Å². The van der Waals surface area contributed by atoms with Gasteiger partial charge in [0.25, 0.3) is 0 Å². The van der Waals surface area contributed by atoms with Gasteiger partial charge in [-0.15, -0.1) is 0 Å². The lowest BCUT2D eigenvalue weighted by molar-refractivity contribution is -0.115. The molecule has 4 nitrogen and oxygen atoms in total. The zero-order valence-electron chi connectivity index (χ0n) is 14.1. The molecule has 1 aliphatic rings. The van der Waals surface area contributed by atoms with E-state index < -0.39 is 0 Å². The number of nitrogens with zero attached hydrogens (tertiary/aromatic N) is 1. The second-order valence-electron chi connectivity index (χ2n) is 6.13. The number of nitrogens with one attached hydrogen (secondary N) is 1. The van der Waals surface area contributed by atoms with Gasteiger partial charge in [0.15, 0.2) is 0 Å². The summed E-state index contributed by atoms with van der Waals surface area (Å²) in [5.74, 6) is 0.707. The average molecular weight is 324 g/mol. The summed E-state index contributed by atoms with van der Waals surface area (Å²) < 4.78 is 5.29. The maximum absolute atomic E-state index is 12.3. The van der Waals surface area contributed by atoms with Crippen molar-refractivity contribution < 1.29 is 9.53 Å². The van der Waals surface area contributed by atoms with E-state index in [4.69, 9.17) is 4.74 Å². The van der Waals surface area contributed by atoms with Crippen molar-refractivity contribution in [2.24, 2.45) is 0 Å². The summed E-state index contributed by atoms with van der Waals surface area (Å²) in [5, 5.41) is 2.96. The Labute approximate surface area is 143 Å². The topological polar surface area (TPSA) is 41.6 Å². The minimum absolute atomic E-state index is 0.0368. The van der Waals surface area contributed by atoms with Gasteiger partial charge in [0.05, 0.1) is 13.5 Å². The lowest BCUT2D eigenvalue weighted by Crippen LogP contribution is -2.29. The summed E-state index contributed by atoms with van der Waals surface area (Å²) >= 11 is 0. The number of anilines is 2. The number of piperidine rings is 1. The number of hydrogen-bond acceptors (Lipinski definition) is 3. The van der Waals surface area contributed by atoms with Gasteiger partial charge in [-0.1, -0.05) is 18.2 Å². The fourth-order valence-corrected chi connectivity index (χ4v) is 3.13. The smallest absolute Gasteiger partial charge is 0.228 e. The molecule has 1 saturated heterocycles. The predicted octanol–water partition coefficient (Wildman–Crippen LogP) is 3.87. The predicted molar refractivity (Wildman–Crippen MR) is 97.8 cm³/mol. The van der Waals surface area contributed by atoms with Gasteiger partial charge in [0.2, 0.25) is 5.91 Å². The Bertz CT molecular complexity index is 676. The van der Waals surface area contributed by atoms with Gasteiger partial charge < -0.3 is 15.0 Å². The van der Waals surface area contributed by atoms with Crippen LogP contribution < -0.4 is 15.0 Å². The van der Waals surface area contributed by atoms with Gasteiger partial charge in [-0.3, -0.25) is 4.79 Å². The molecule has 2 aromatic carbocycles. The Kier molecular flexibility index (Phi) is 5.36. The van der Waals surface area contributed by atoms with Crippen molar-refractivity contribution in [2.75, 3.05) is 30.4 Å². The third-order valence-corrected chi connectivity index (χ3v) is 4.42. The summed E-state index contributed by atoms with van der Waals surface area (Å²) in [4.78, 5) is 14.7. The Balaban J connectivity index is 1.60. The largest absolute Gasteiger partial charge is 0.496 e. The summed E-state index contributed by atoms with van der Waals surface area (Å²) in [6.07, 6.45) is 4.15. The van der Waals surface area contributed by atoms with E-state index in [0.717, 1.165) is 30.1 Å². The Morgan fingerprint density at radius 3 is 2.46 bits per heavy atom. The third kappa shape index (κ3) is 4.07. The van der Waals surface area contributed by atoms with Crippen LogP contribution in [0.4, 0.5) is 11.4 Å². The van der Waals surface area contributed by atoms with Crippen LogP contribution in [0.25, 0.3) is 0 Å². The summed E-state index contributed by atoms with van der Waals surface area (Å²) in [7, 11) is 1.62. The lowest BCUT2D eigenvalue weighted by Gasteiger charge is -2.28. The highest BCUT2D eigenvalue weighted by Gasteiger charge is 2.11. The molecular formula is C20H24N2O2. The molecular weight excluding hydrogens is 300 g/mol. The summed E-state index contributed by atoms with van der Waals surface area (Å²) in [6.45, 7) is 2.25. The van der Waals surface area contributed by atoms with Crippen molar-refractivity contribution >= 4 is 17.3 Å². The molecule has 1 fully saturated rings. The van der Waals surface area contributed by atoms with E-state index in [9.17, 15) is 4.79 Å². The van der Waals surface area contributed by atoms with Crippen molar-refractivity contribution in [1.82, 2.24) is 0 Å². The highest BCUT2D eigenvalue weighted by atomic mass is 16.5. The zero-order chi connectivity index (χ0) is 16.8. The number of methoxy groups -OCH3 is 1. The molecule has 1 aliphatic heterocycles. The van der Waals surface area contributed by atoms with Crippen LogP contribution in [-0.2, 0) is 11.2 Å². The molecule has 0 aliphatic carbocycles. The van der Waals surface area contributed by atoms with Gasteiger partial charge in [0, 0.05) is 30.0 Å². The van der Waals surface area contributed by atoms with E-state index in [2.05, 4.69) is 22.3 Å². The third-order valence-electron chi connectivity index (χ3n) is 4.42. The molecule has 0 radical (unpaired) electrons. The first-order chi connectivity index (χ1) is 11.8. The van der Waals surface area contributed by atoms with Crippen LogP contribution in [-0.4, -0.2) is 26.1 Å². The monoisotopic (exact) mass is 324 g/mol. The van der Waals surface area contributed by atoms with E-state index >= 15 is 0 Å². The first kappa shape index (κ1) is 16.4. The van der Waals surface area contributed by atoms with Gasteiger partial charge in [-0.05, 0) is 49.6 Å². The van der Waals surface area contributed by atoms with E-state index in [-0.39, 0.29) is 5.91 Å². The maximum Gasteiger partial charge on any atom is 0.228 e. The molecule has 0 aromatic heterocycles. The van der Waals surface area contributed by atoms with Gasteiger partial charge in [0.1, 0.15) is 5.75 Å².